The molecule has 0 aliphatic heterocycles. The Balaban J connectivity index is 1.85. The van der Waals surface area contributed by atoms with Crippen molar-refractivity contribution in [2.24, 2.45) is 0 Å². The van der Waals surface area contributed by atoms with Gasteiger partial charge >= 0.3 is 18.3 Å². The first-order valence-corrected chi connectivity index (χ1v) is 10.9. The minimum absolute atomic E-state index is 0.00112. The van der Waals surface area contributed by atoms with Crippen molar-refractivity contribution < 1.29 is 50.8 Å². The molecule has 0 bridgehead atoms. The Kier molecular flexibility index (Phi) is 8.06. The third kappa shape index (κ3) is 6.34. The van der Waals surface area contributed by atoms with Crippen LogP contribution >= 0.6 is 0 Å². The molecule has 0 spiro atoms. The number of ether oxygens (including phenoxy) is 2. The third-order valence-corrected chi connectivity index (χ3v) is 5.55. The number of carbonyl (C=O) groups is 1. The van der Waals surface area contributed by atoms with Crippen LogP contribution in [0.25, 0.3) is 0 Å². The predicted molar refractivity (Wildman–Crippen MR) is 121 cm³/mol. The molecular weight excluding hydrogens is 506 g/mol. The number of rotatable bonds is 9. The summed E-state index contributed by atoms with van der Waals surface area (Å²) >= 11 is 0. The lowest BCUT2D eigenvalue weighted by Gasteiger charge is -2.33. The number of aliphatic hydroxyl groups is 1. The van der Waals surface area contributed by atoms with E-state index in [1.54, 1.807) is 30.3 Å². The van der Waals surface area contributed by atoms with Crippen LogP contribution in [-0.2, 0) is 12.0 Å². The van der Waals surface area contributed by atoms with Gasteiger partial charge in [0.05, 0.1) is 5.56 Å². The maximum atomic E-state index is 13.3. The van der Waals surface area contributed by atoms with E-state index in [4.69, 9.17) is 14.6 Å². The van der Waals surface area contributed by atoms with Gasteiger partial charge in [0, 0.05) is 12.0 Å². The van der Waals surface area contributed by atoms with Crippen LogP contribution in [0.5, 0.6) is 11.5 Å². The lowest BCUT2D eigenvalue weighted by Crippen LogP contribution is -2.53. The zero-order valence-corrected chi connectivity index (χ0v) is 19.3. The molecule has 0 saturated heterocycles. The smallest absolute Gasteiger partial charge is 0.430 e. The molecule has 5 nitrogen and oxygen atoms in total. The second kappa shape index (κ2) is 10.7. The summed E-state index contributed by atoms with van der Waals surface area (Å²) < 4.78 is 91.1. The van der Waals surface area contributed by atoms with Gasteiger partial charge in [-0.3, -0.25) is 0 Å². The summed E-state index contributed by atoms with van der Waals surface area (Å²) in [5.74, 6) is -0.779. The molecule has 37 heavy (non-hydrogen) atoms. The van der Waals surface area contributed by atoms with Gasteiger partial charge in [-0.2, -0.15) is 26.3 Å². The Labute approximate surface area is 207 Å². The first-order chi connectivity index (χ1) is 17.2. The highest BCUT2D eigenvalue weighted by Crippen LogP contribution is 2.50. The van der Waals surface area contributed by atoms with Crippen molar-refractivity contribution in [1.29, 1.82) is 0 Å². The number of hydrogen-bond donors (Lipinski definition) is 2. The Bertz CT molecular complexity index is 1190. The number of hydrogen-bond acceptors (Lipinski definition) is 4. The summed E-state index contributed by atoms with van der Waals surface area (Å²) in [4.78, 5) is 11.0. The first-order valence-electron chi connectivity index (χ1n) is 10.9. The van der Waals surface area contributed by atoms with Gasteiger partial charge in [0.1, 0.15) is 24.2 Å². The predicted octanol–water partition coefficient (Wildman–Crippen LogP) is 6.07. The highest BCUT2D eigenvalue weighted by atomic mass is 19.4. The average molecular weight is 528 g/mol. The summed E-state index contributed by atoms with van der Waals surface area (Å²) in [5, 5.41) is 18.7. The molecule has 0 heterocycles. The van der Waals surface area contributed by atoms with Gasteiger partial charge in [-0.15, -0.1) is 0 Å². The minimum atomic E-state index is -6.00. The lowest BCUT2D eigenvalue weighted by atomic mass is 9.91. The first kappa shape index (κ1) is 27.9. The van der Waals surface area contributed by atoms with Gasteiger partial charge < -0.3 is 19.7 Å². The number of benzene rings is 3. The molecule has 0 aromatic heterocycles. The molecule has 2 N–H and O–H groups in total. The average Bonchev–Trinajstić information content (AvgIpc) is 2.82. The lowest BCUT2D eigenvalue weighted by molar-refractivity contribution is -0.376. The zero-order chi connectivity index (χ0) is 27.4. The fourth-order valence-corrected chi connectivity index (χ4v) is 3.57. The van der Waals surface area contributed by atoms with Crippen LogP contribution in [0.1, 0.15) is 27.0 Å². The van der Waals surface area contributed by atoms with Gasteiger partial charge in [-0.25, -0.2) is 4.79 Å². The van der Waals surface area contributed by atoms with E-state index < -0.39 is 35.6 Å². The van der Waals surface area contributed by atoms with Crippen molar-refractivity contribution in [1.82, 2.24) is 0 Å². The summed E-state index contributed by atoms with van der Waals surface area (Å²) in [7, 11) is 0. The Morgan fingerprint density at radius 2 is 1.49 bits per heavy atom. The molecule has 1 unspecified atom stereocenters. The van der Waals surface area contributed by atoms with E-state index in [2.05, 4.69) is 0 Å². The van der Waals surface area contributed by atoms with E-state index in [-0.39, 0.29) is 29.9 Å². The van der Waals surface area contributed by atoms with E-state index in [9.17, 15) is 36.2 Å². The van der Waals surface area contributed by atoms with Crippen LogP contribution in [0.15, 0.2) is 72.8 Å². The third-order valence-electron chi connectivity index (χ3n) is 5.55. The number of aryl methyl sites for hydroxylation is 1. The molecule has 0 radical (unpaired) electrons. The number of aromatic carboxylic acids is 1. The summed E-state index contributed by atoms with van der Waals surface area (Å²) in [6.45, 7) is 1.19. The van der Waals surface area contributed by atoms with E-state index in [1.165, 1.54) is 31.2 Å². The summed E-state index contributed by atoms with van der Waals surface area (Å²) in [6.07, 6.45) is -12.4. The van der Waals surface area contributed by atoms with Crippen molar-refractivity contribution in [2.75, 3.05) is 6.61 Å². The SMILES string of the molecule is Cc1cc(C(O)(C(F)(F)F)C(F)(F)F)ccc1OC(COc1ccc(C(=O)O)cc1)Cc1ccccc1. The number of carboxylic acids is 1. The molecule has 3 rings (SSSR count). The van der Waals surface area contributed by atoms with Crippen molar-refractivity contribution >= 4 is 5.97 Å². The Hall–Kier alpha value is -3.73. The normalized spacial score (nSPS) is 13.2. The highest BCUT2D eigenvalue weighted by Gasteiger charge is 2.71. The number of carboxylic acid groups (broad SMARTS) is 1. The van der Waals surface area contributed by atoms with Gasteiger partial charge in [-0.05, 0) is 54.4 Å². The van der Waals surface area contributed by atoms with Crippen LogP contribution < -0.4 is 9.47 Å². The number of alkyl halides is 6. The molecule has 3 aromatic rings. The molecule has 0 saturated carbocycles. The van der Waals surface area contributed by atoms with E-state index in [1.807, 2.05) is 0 Å². The molecule has 11 heteroatoms. The molecule has 3 aromatic carbocycles. The van der Waals surface area contributed by atoms with E-state index in [0.29, 0.717) is 17.9 Å². The Morgan fingerprint density at radius 1 is 0.892 bits per heavy atom. The maximum absolute atomic E-state index is 13.3. The quantitative estimate of drug-likeness (QED) is 0.330. The highest BCUT2D eigenvalue weighted by molar-refractivity contribution is 5.87. The molecule has 0 amide bonds. The molecular formula is C26H22F6O5. The molecule has 0 fully saturated rings. The standard InChI is InChI=1S/C26H22F6O5/c1-16-13-19(24(35,25(27,28)29)26(30,31)32)9-12-22(16)37-21(14-17-5-3-2-4-6-17)15-36-20-10-7-18(8-11-20)23(33)34/h2-13,21,35H,14-15H2,1H3,(H,33,34). The monoisotopic (exact) mass is 528 g/mol. The number of halogens is 6. The maximum Gasteiger partial charge on any atom is 0.430 e. The topological polar surface area (TPSA) is 76.0 Å². The summed E-state index contributed by atoms with van der Waals surface area (Å²) in [6, 6.07) is 16.6. The van der Waals surface area contributed by atoms with E-state index in [0.717, 1.165) is 11.6 Å². The minimum Gasteiger partial charge on any atom is -0.490 e. The fourth-order valence-electron chi connectivity index (χ4n) is 3.57. The van der Waals surface area contributed by atoms with Crippen LogP contribution in [0.4, 0.5) is 26.3 Å². The van der Waals surface area contributed by atoms with Crippen LogP contribution in [0.3, 0.4) is 0 Å². The Morgan fingerprint density at radius 3 is 2.00 bits per heavy atom. The molecule has 0 aliphatic rings. The van der Waals surface area contributed by atoms with Crippen LogP contribution in [-0.4, -0.2) is 41.2 Å². The fraction of sp³-hybridized carbons (Fsp3) is 0.269. The van der Waals surface area contributed by atoms with Crippen molar-refractivity contribution in [3.8, 4) is 11.5 Å². The van der Waals surface area contributed by atoms with Crippen molar-refractivity contribution in [2.45, 2.75) is 37.4 Å². The zero-order valence-electron chi connectivity index (χ0n) is 19.3. The van der Waals surface area contributed by atoms with Gasteiger partial charge in [0.2, 0.25) is 0 Å². The van der Waals surface area contributed by atoms with Crippen LogP contribution in [0.2, 0.25) is 0 Å². The van der Waals surface area contributed by atoms with Gasteiger partial charge in [0.15, 0.2) is 0 Å². The molecule has 1 atom stereocenters. The van der Waals surface area contributed by atoms with Crippen molar-refractivity contribution in [3.63, 3.8) is 0 Å². The largest absolute Gasteiger partial charge is 0.490 e. The van der Waals surface area contributed by atoms with Crippen LogP contribution in [0, 0.1) is 6.92 Å². The van der Waals surface area contributed by atoms with Crippen molar-refractivity contribution in [3.05, 3.63) is 95.1 Å². The second-order valence-corrected chi connectivity index (χ2v) is 8.26. The van der Waals surface area contributed by atoms with E-state index >= 15 is 0 Å². The summed E-state index contributed by atoms with van der Waals surface area (Å²) in [5.41, 5.74) is -5.61. The molecule has 198 valence electrons. The second-order valence-electron chi connectivity index (χ2n) is 8.26. The molecule has 0 aliphatic carbocycles. The van der Waals surface area contributed by atoms with Gasteiger partial charge in [-0.1, -0.05) is 36.4 Å². The van der Waals surface area contributed by atoms with Gasteiger partial charge in [0.25, 0.3) is 5.60 Å².